The van der Waals surface area contributed by atoms with Crippen LogP contribution in [0.1, 0.15) is 35.4 Å². The molecule has 0 radical (unpaired) electrons. The van der Waals surface area contributed by atoms with E-state index in [-0.39, 0.29) is 30.7 Å². The fourth-order valence-electron chi connectivity index (χ4n) is 5.84. The molecule has 2 bridgehead atoms. The second-order valence-corrected chi connectivity index (χ2v) is 9.40. The first-order chi connectivity index (χ1) is 16.0. The largest absolute Gasteiger partial charge is 0.448 e. The average Bonchev–Trinajstić information content (AvgIpc) is 3.39. The number of ether oxygens (including phenoxy) is 2. The highest BCUT2D eigenvalue weighted by Gasteiger charge is 2.50. The summed E-state index contributed by atoms with van der Waals surface area (Å²) >= 11 is 0. The van der Waals surface area contributed by atoms with Crippen molar-refractivity contribution in [3.8, 4) is 11.1 Å². The quantitative estimate of drug-likeness (QED) is 0.669. The Bertz CT molecular complexity index is 1150. The molecule has 0 saturated carbocycles. The molecule has 7 heteroatoms. The number of rotatable bonds is 3. The van der Waals surface area contributed by atoms with E-state index in [0.29, 0.717) is 26.1 Å². The van der Waals surface area contributed by atoms with Gasteiger partial charge in [-0.05, 0) is 22.3 Å². The molecular formula is C26H27N3O4. The lowest BCUT2D eigenvalue weighted by Crippen LogP contribution is -2.62. The van der Waals surface area contributed by atoms with Crippen molar-refractivity contribution in [2.45, 2.75) is 36.4 Å². The van der Waals surface area contributed by atoms with Crippen LogP contribution in [-0.4, -0.2) is 57.8 Å². The minimum absolute atomic E-state index is 0.0227. The van der Waals surface area contributed by atoms with Crippen LogP contribution < -0.4 is 0 Å². The summed E-state index contributed by atoms with van der Waals surface area (Å²) in [7, 11) is 1.84. The minimum Gasteiger partial charge on any atom is -0.448 e. The van der Waals surface area contributed by atoms with E-state index < -0.39 is 5.60 Å². The summed E-state index contributed by atoms with van der Waals surface area (Å²) in [4.78, 5) is 15.1. The molecular weight excluding hydrogens is 418 g/mol. The van der Waals surface area contributed by atoms with Gasteiger partial charge in [-0.15, -0.1) is 0 Å². The zero-order chi connectivity index (χ0) is 22.6. The minimum atomic E-state index is -1.02. The van der Waals surface area contributed by atoms with Crippen molar-refractivity contribution in [3.05, 3.63) is 77.6 Å². The first-order valence-electron chi connectivity index (χ1n) is 11.5. The summed E-state index contributed by atoms with van der Waals surface area (Å²) in [6.07, 6.45) is 4.03. The Balaban J connectivity index is 1.20. The lowest BCUT2D eigenvalue weighted by Gasteiger charge is -2.50. The first kappa shape index (κ1) is 20.4. The van der Waals surface area contributed by atoms with E-state index >= 15 is 0 Å². The fraction of sp³-hybridized carbons (Fsp3) is 0.385. The van der Waals surface area contributed by atoms with Crippen LogP contribution in [0.5, 0.6) is 0 Å². The summed E-state index contributed by atoms with van der Waals surface area (Å²) < 4.78 is 13.4. The van der Waals surface area contributed by atoms with Crippen LogP contribution in [0.3, 0.4) is 0 Å². The zero-order valence-electron chi connectivity index (χ0n) is 18.6. The first-order valence-corrected chi connectivity index (χ1v) is 11.5. The highest BCUT2D eigenvalue weighted by molar-refractivity contribution is 5.79. The smallest absolute Gasteiger partial charge is 0.410 e. The van der Waals surface area contributed by atoms with Crippen LogP contribution in [0, 0.1) is 0 Å². The molecule has 2 fully saturated rings. The number of aliphatic hydroxyl groups is 1. The van der Waals surface area contributed by atoms with Crippen molar-refractivity contribution in [2.24, 2.45) is 7.05 Å². The Morgan fingerprint density at radius 2 is 1.70 bits per heavy atom. The highest BCUT2D eigenvalue weighted by atomic mass is 16.6. The maximum absolute atomic E-state index is 13.3. The topological polar surface area (TPSA) is 76.8 Å². The predicted molar refractivity (Wildman–Crippen MR) is 122 cm³/mol. The molecule has 33 heavy (non-hydrogen) atoms. The van der Waals surface area contributed by atoms with E-state index in [1.54, 1.807) is 15.8 Å². The number of hydrogen-bond acceptors (Lipinski definition) is 5. The summed E-state index contributed by atoms with van der Waals surface area (Å²) in [6.45, 7) is 1.07. The molecule has 2 aliphatic heterocycles. The molecule has 2 saturated heterocycles. The molecule has 7 nitrogen and oxygen atoms in total. The van der Waals surface area contributed by atoms with Gasteiger partial charge in [0, 0.05) is 37.6 Å². The van der Waals surface area contributed by atoms with Crippen LogP contribution in [0.4, 0.5) is 4.79 Å². The number of carbonyl (C=O) groups excluding carboxylic acids is 1. The van der Waals surface area contributed by atoms with Crippen molar-refractivity contribution >= 4 is 6.09 Å². The molecule has 2 unspecified atom stereocenters. The van der Waals surface area contributed by atoms with E-state index in [1.165, 1.54) is 22.3 Å². The molecule has 1 aliphatic carbocycles. The van der Waals surface area contributed by atoms with Gasteiger partial charge in [0.1, 0.15) is 6.61 Å². The third-order valence-corrected chi connectivity index (χ3v) is 7.34. The van der Waals surface area contributed by atoms with Crippen molar-refractivity contribution in [1.29, 1.82) is 0 Å². The fourth-order valence-corrected chi connectivity index (χ4v) is 5.84. The zero-order valence-corrected chi connectivity index (χ0v) is 18.6. The third kappa shape index (κ3) is 3.34. The monoisotopic (exact) mass is 445 g/mol. The van der Waals surface area contributed by atoms with E-state index in [1.807, 2.05) is 37.5 Å². The van der Waals surface area contributed by atoms with Gasteiger partial charge in [-0.25, -0.2) is 4.79 Å². The van der Waals surface area contributed by atoms with E-state index in [9.17, 15) is 9.90 Å². The second kappa shape index (κ2) is 7.71. The van der Waals surface area contributed by atoms with Gasteiger partial charge < -0.3 is 14.6 Å². The summed E-state index contributed by atoms with van der Waals surface area (Å²) in [5.74, 6) is 0.0227. The molecule has 170 valence electrons. The Kier molecular flexibility index (Phi) is 4.78. The molecule has 6 rings (SSSR count). The summed E-state index contributed by atoms with van der Waals surface area (Å²) in [6, 6.07) is 16.2. The van der Waals surface area contributed by atoms with Gasteiger partial charge in [0.05, 0.1) is 37.1 Å². The van der Waals surface area contributed by atoms with Crippen molar-refractivity contribution in [3.63, 3.8) is 0 Å². The Hall–Kier alpha value is -3.16. The Morgan fingerprint density at radius 3 is 2.27 bits per heavy atom. The van der Waals surface area contributed by atoms with Crippen LogP contribution in [0.2, 0.25) is 0 Å². The molecule has 1 aromatic heterocycles. The number of hydrogen-bond donors (Lipinski definition) is 1. The predicted octanol–water partition coefficient (Wildman–Crippen LogP) is 3.42. The van der Waals surface area contributed by atoms with Crippen LogP contribution in [0.25, 0.3) is 11.1 Å². The molecule has 2 aromatic carbocycles. The second-order valence-electron chi connectivity index (χ2n) is 9.40. The molecule has 1 amide bonds. The number of carbonyl (C=O) groups is 1. The maximum atomic E-state index is 13.3. The number of nitrogens with zero attached hydrogens (tertiary/aromatic N) is 3. The van der Waals surface area contributed by atoms with E-state index in [2.05, 4.69) is 29.4 Å². The number of piperidine rings is 1. The maximum Gasteiger partial charge on any atom is 0.410 e. The molecule has 1 N–H and O–H groups in total. The third-order valence-electron chi connectivity index (χ3n) is 7.34. The number of fused-ring (bicyclic) bond motifs is 5. The molecule has 2 atom stereocenters. The standard InChI is InChI=1S/C26H27N3O4/c1-28-13-17(12-27-28)26(31)10-18-14-32-15-19(11-26)29(18)25(30)33-16-24-22-8-4-2-6-20(22)21-7-3-5-9-23(21)24/h2-9,12-13,18-19,24,31H,10-11,14-16H2,1H3. The molecule has 3 aliphatic rings. The van der Waals surface area contributed by atoms with Gasteiger partial charge in [-0.1, -0.05) is 48.5 Å². The van der Waals surface area contributed by atoms with E-state index in [0.717, 1.165) is 5.56 Å². The van der Waals surface area contributed by atoms with Gasteiger partial charge in [0.25, 0.3) is 0 Å². The normalized spacial score (nSPS) is 26.1. The number of aromatic nitrogens is 2. The van der Waals surface area contributed by atoms with E-state index in [4.69, 9.17) is 9.47 Å². The summed E-state index contributed by atoms with van der Waals surface area (Å²) in [5.41, 5.74) is 4.57. The Labute approximate surface area is 192 Å². The Morgan fingerprint density at radius 1 is 1.09 bits per heavy atom. The average molecular weight is 446 g/mol. The highest BCUT2D eigenvalue weighted by Crippen LogP contribution is 2.45. The van der Waals surface area contributed by atoms with Crippen LogP contribution in [-0.2, 0) is 22.1 Å². The van der Waals surface area contributed by atoms with Crippen molar-refractivity contribution < 1.29 is 19.4 Å². The molecule has 3 aromatic rings. The summed E-state index contributed by atoms with van der Waals surface area (Å²) in [5, 5.41) is 15.6. The van der Waals surface area contributed by atoms with Crippen molar-refractivity contribution in [1.82, 2.24) is 14.7 Å². The van der Waals surface area contributed by atoms with Gasteiger partial charge in [-0.3, -0.25) is 9.58 Å². The van der Waals surface area contributed by atoms with Gasteiger partial charge in [0.15, 0.2) is 0 Å². The SMILES string of the molecule is Cn1cc(C2(O)CC3COCC(C2)N3C(=O)OCC2c3ccccc3-c3ccccc32)cn1. The molecule has 0 spiro atoms. The van der Waals surface area contributed by atoms with Gasteiger partial charge in [0.2, 0.25) is 0 Å². The van der Waals surface area contributed by atoms with Crippen LogP contribution >= 0.6 is 0 Å². The van der Waals surface area contributed by atoms with Gasteiger partial charge >= 0.3 is 6.09 Å². The molecule has 3 heterocycles. The number of morpholine rings is 1. The van der Waals surface area contributed by atoms with Crippen LogP contribution in [0.15, 0.2) is 60.9 Å². The van der Waals surface area contributed by atoms with Crippen molar-refractivity contribution in [2.75, 3.05) is 19.8 Å². The number of amides is 1. The lowest BCUT2D eigenvalue weighted by molar-refractivity contribution is -0.136. The van der Waals surface area contributed by atoms with Gasteiger partial charge in [-0.2, -0.15) is 5.10 Å². The number of aryl methyl sites for hydroxylation is 1. The lowest BCUT2D eigenvalue weighted by atomic mass is 9.78. The number of benzene rings is 2.